The van der Waals surface area contributed by atoms with E-state index in [1.807, 2.05) is 6.92 Å². The second kappa shape index (κ2) is 6.18. The van der Waals surface area contributed by atoms with Crippen molar-refractivity contribution in [3.8, 4) is 0 Å². The Kier molecular flexibility index (Phi) is 2.36. The summed E-state index contributed by atoms with van der Waals surface area (Å²) < 4.78 is 6.24. The summed E-state index contributed by atoms with van der Waals surface area (Å²) in [6.45, 7) is 4.89. The Bertz CT molecular complexity index is 7100. The lowest BCUT2D eigenvalue weighted by Crippen LogP contribution is -2.58. The average Bonchev–Trinajstić information content (AvgIpc) is 4.28. The van der Waals surface area contributed by atoms with E-state index >= 15 is 4.79 Å². The second-order valence-electron chi connectivity index (χ2n) is 26.1. The molecule has 0 bridgehead atoms. The van der Waals surface area contributed by atoms with Crippen LogP contribution >= 0.6 is 0 Å². The van der Waals surface area contributed by atoms with Crippen molar-refractivity contribution in [1.29, 1.82) is 0 Å². The molecular weight excluding hydrogens is 861 g/mol. The van der Waals surface area contributed by atoms with Gasteiger partial charge in [0.2, 0.25) is 0 Å². The monoisotopic (exact) mass is 874 g/mol. The molecule has 2 spiro atoms. The smallest absolute Gasteiger partial charge is 0.333 e. The van der Waals surface area contributed by atoms with E-state index in [1.165, 1.54) is 0 Å². The molecule has 0 radical (unpaired) electrons. The molecule has 302 valence electrons. The molecule has 0 fully saturated rings. The molecule has 0 amide bonds. The second-order valence-corrected chi connectivity index (χ2v) is 26.1. The van der Waals surface area contributed by atoms with Crippen molar-refractivity contribution < 1.29 is 9.53 Å². The molecule has 0 heterocycles. The van der Waals surface area contributed by atoms with Gasteiger partial charge in [-0.05, 0) is 339 Å². The first kappa shape index (κ1) is 27.2. The van der Waals surface area contributed by atoms with Gasteiger partial charge in [-0.25, -0.2) is 4.79 Å². The summed E-state index contributed by atoms with van der Waals surface area (Å²) in [5.41, 5.74) is 6.76. The highest BCUT2D eigenvalue weighted by Gasteiger charge is 2.72. The molecule has 5 aliphatic carbocycles. The molecule has 5 aliphatic rings. The van der Waals surface area contributed by atoms with Crippen LogP contribution in [0.3, 0.4) is 0 Å². The van der Waals surface area contributed by atoms with E-state index in [9.17, 15) is 0 Å². The van der Waals surface area contributed by atoms with Crippen LogP contribution in [0.15, 0.2) is 11.6 Å². The number of carbonyl (C=O) groups excluding carboxylic acids is 1. The zero-order valence-corrected chi connectivity index (χ0v) is 37.1. The largest absolute Gasteiger partial charge is 0.463 e. The number of carbonyl (C=O) groups is 1. The van der Waals surface area contributed by atoms with Crippen LogP contribution in [0, 0.1) is 5.92 Å². The summed E-state index contributed by atoms with van der Waals surface area (Å²) in [5.74, 6) is 0.0322. The fraction of sp³-hybridized carbons (Fsp3) is 0.116. The summed E-state index contributed by atoms with van der Waals surface area (Å²) in [7, 11) is 0. The van der Waals surface area contributed by atoms with Gasteiger partial charge in [0.05, 0.1) is 6.61 Å². The van der Waals surface area contributed by atoms with E-state index in [2.05, 4.69) is 13.0 Å². The Labute approximate surface area is 388 Å². The minimum Gasteiger partial charge on any atom is -0.463 e. The summed E-state index contributed by atoms with van der Waals surface area (Å²) in [5, 5.41) is 87.6. The average molecular weight is 875 g/mol. The molecule has 1 unspecified atom stereocenters. The number of hydrogen-bond acceptors (Lipinski definition) is 2. The van der Waals surface area contributed by atoms with Gasteiger partial charge in [0, 0.05) is 16.4 Å². The van der Waals surface area contributed by atoms with Gasteiger partial charge in [0.1, 0.15) is 0 Å². The third kappa shape index (κ3) is 1.45. The van der Waals surface area contributed by atoms with Crippen LogP contribution in [0.5, 0.6) is 0 Å². The van der Waals surface area contributed by atoms with E-state index < -0.39 is 5.41 Å². The number of hydrogen-bond donors (Lipinski definition) is 0. The van der Waals surface area contributed by atoms with Crippen LogP contribution in [0.25, 0.3) is 291 Å². The molecule has 28 aromatic carbocycles. The minimum absolute atomic E-state index is 0.0849. The molecule has 0 aromatic heterocycles. The number of benzene rings is 18. The molecule has 1 atom stereocenters. The van der Waals surface area contributed by atoms with Gasteiger partial charge >= 0.3 is 5.97 Å². The summed E-state index contributed by atoms with van der Waals surface area (Å²) in [6, 6.07) is 0. The summed E-state index contributed by atoms with van der Waals surface area (Å²) in [4.78, 5) is 15.1. The van der Waals surface area contributed by atoms with E-state index in [4.69, 9.17) is 4.74 Å². The Morgan fingerprint density at radius 3 is 0.732 bits per heavy atom. The molecule has 0 saturated heterocycles. The standard InChI is InChI=1S/C69H14O2/c1-3-8-5-7(67(70)71-4-2)6-68-63-55-47-37-27-19-11-9-10-13-17-15(11)23-31-25(17)35-29-21(13)22-14(10)18-16-12(9)20(19)28-34-24(16)32-26(18)36-30(22)40-39(29)51-45(35)53-43(31)49(41(47)33(23)27)57(63)59(53)65-61(51)62-52(40)46(36)54-44(32)50-42(34)48(38(28)37)56(55)64(68)58(50)60(54)66(62)69(8,65)68/h5,8H,3-4,6H2,1-2H3. The molecule has 0 N–H and O–H groups in total. The Balaban J connectivity index is 1.18. The Hall–Kier alpha value is -8.33. The number of esters is 1. The number of ether oxygens (including phenoxy) is 1. The molecule has 0 aliphatic heterocycles. The van der Waals surface area contributed by atoms with Crippen molar-refractivity contribution in [2.75, 3.05) is 6.61 Å². The van der Waals surface area contributed by atoms with Crippen LogP contribution in [-0.4, -0.2) is 12.6 Å². The Morgan fingerprint density at radius 2 is 0.535 bits per heavy atom. The van der Waals surface area contributed by atoms with Gasteiger partial charge in [0.15, 0.2) is 0 Å². The highest BCUT2D eigenvalue weighted by molar-refractivity contribution is 6.82. The van der Waals surface area contributed by atoms with Crippen molar-refractivity contribution in [3.63, 3.8) is 0 Å². The van der Waals surface area contributed by atoms with Crippen LogP contribution in [-0.2, 0) is 20.4 Å². The lowest BCUT2D eigenvalue weighted by atomic mass is 9.41. The predicted octanol–water partition coefficient (Wildman–Crippen LogP) is 18.2. The fourth-order valence-electron chi connectivity index (χ4n) is 26.0. The van der Waals surface area contributed by atoms with E-state index in [-0.39, 0.29) is 17.3 Å². The SMILES string of the molecule is CCOC(=O)C1=CC(CC)C23c4c5c6c7c8c9c(c%10c%11c2c2c4c4c%12c5c5c6c6c8c8c%13c9c9c%10c%10c%11c%11c2c2c4c4c%12c%12c5c5c6c8c6c8c%13c9c9c%10c%10c%11c2c2c4c4c%12c5c6c5c8c9c%10c2c45)C73C1. The van der Waals surface area contributed by atoms with E-state index in [0.29, 0.717) is 13.0 Å². The van der Waals surface area contributed by atoms with Crippen molar-refractivity contribution >= 4 is 297 Å². The predicted molar refractivity (Wildman–Crippen MR) is 297 cm³/mol. The number of rotatable bonds is 3. The molecule has 71 heavy (non-hydrogen) atoms. The lowest BCUT2D eigenvalue weighted by Gasteiger charge is -2.59. The topological polar surface area (TPSA) is 26.3 Å². The van der Waals surface area contributed by atoms with Crippen LogP contribution in [0.4, 0.5) is 0 Å². The molecule has 0 saturated carbocycles. The summed E-state index contributed by atoms with van der Waals surface area (Å²) in [6.07, 6.45) is 4.22. The van der Waals surface area contributed by atoms with Crippen LogP contribution in [0.1, 0.15) is 48.9 Å². The van der Waals surface area contributed by atoms with Gasteiger partial charge in [-0.3, -0.25) is 0 Å². The van der Waals surface area contributed by atoms with Gasteiger partial charge in [-0.1, -0.05) is 13.0 Å². The first-order valence-corrected chi connectivity index (χ1v) is 26.9. The third-order valence-electron chi connectivity index (χ3n) is 26.0. The lowest BCUT2D eigenvalue weighted by molar-refractivity contribution is -0.139. The van der Waals surface area contributed by atoms with Gasteiger partial charge in [-0.15, -0.1) is 0 Å². The minimum atomic E-state index is -0.462. The Morgan fingerprint density at radius 1 is 0.338 bits per heavy atom. The number of allylic oxidation sites excluding steroid dienone is 1. The normalized spacial score (nSPS) is 23.5. The van der Waals surface area contributed by atoms with Gasteiger partial charge < -0.3 is 4.74 Å². The van der Waals surface area contributed by atoms with Crippen molar-refractivity contribution in [2.45, 2.75) is 37.5 Å². The maximum absolute atomic E-state index is 15.1. The van der Waals surface area contributed by atoms with E-state index in [0.717, 1.165) is 12.0 Å². The molecular formula is C69H14O2. The van der Waals surface area contributed by atoms with Crippen molar-refractivity contribution in [3.05, 3.63) is 33.9 Å². The van der Waals surface area contributed by atoms with Crippen molar-refractivity contribution in [1.82, 2.24) is 0 Å². The zero-order chi connectivity index (χ0) is 42.8. The van der Waals surface area contributed by atoms with Crippen LogP contribution in [0.2, 0.25) is 0 Å². The van der Waals surface area contributed by atoms with Crippen molar-refractivity contribution in [2.24, 2.45) is 5.92 Å². The molecule has 2 heteroatoms. The highest BCUT2D eigenvalue weighted by Crippen LogP contribution is 2.86. The molecule has 2 nitrogen and oxygen atoms in total. The maximum atomic E-state index is 15.1. The van der Waals surface area contributed by atoms with E-state index in [1.54, 1.807) is 313 Å². The first-order chi connectivity index (χ1) is 35.2. The molecule has 28 aromatic rings. The quantitative estimate of drug-likeness (QED) is 0.131. The first-order valence-electron chi connectivity index (χ1n) is 26.9. The fourth-order valence-corrected chi connectivity index (χ4v) is 26.0. The van der Waals surface area contributed by atoms with Crippen LogP contribution < -0.4 is 0 Å². The van der Waals surface area contributed by atoms with Gasteiger partial charge in [-0.2, -0.15) is 0 Å². The maximum Gasteiger partial charge on any atom is 0.333 e. The zero-order valence-electron chi connectivity index (χ0n) is 37.1. The summed E-state index contributed by atoms with van der Waals surface area (Å²) >= 11 is 0. The molecule has 33 rings (SSSR count). The van der Waals surface area contributed by atoms with Gasteiger partial charge in [0.25, 0.3) is 0 Å². The highest BCUT2D eigenvalue weighted by atomic mass is 16.5. The third-order valence-corrected chi connectivity index (χ3v) is 26.0.